The highest BCUT2D eigenvalue weighted by Crippen LogP contribution is 2.40. The van der Waals surface area contributed by atoms with Gasteiger partial charge in [-0.05, 0) is 50.2 Å². The van der Waals surface area contributed by atoms with Crippen molar-refractivity contribution in [3.8, 4) is 11.5 Å². The lowest BCUT2D eigenvalue weighted by atomic mass is 9.99. The number of nitrogens with one attached hydrogen (secondary N) is 1. The molecule has 1 N–H and O–H groups in total. The van der Waals surface area contributed by atoms with E-state index in [0.29, 0.717) is 13.0 Å². The van der Waals surface area contributed by atoms with Crippen LogP contribution in [0.3, 0.4) is 0 Å². The zero-order valence-corrected chi connectivity index (χ0v) is 22.5. The van der Waals surface area contributed by atoms with Crippen LogP contribution in [0.2, 0.25) is 0 Å². The molecule has 0 radical (unpaired) electrons. The number of nitrogens with zero attached hydrogens (tertiary/aromatic N) is 3. The lowest BCUT2D eigenvalue weighted by Crippen LogP contribution is -2.37. The average Bonchev–Trinajstić information content (AvgIpc) is 2.94. The third-order valence-electron chi connectivity index (χ3n) is 7.00. The van der Waals surface area contributed by atoms with E-state index in [1.807, 2.05) is 43.4 Å². The van der Waals surface area contributed by atoms with E-state index in [4.69, 9.17) is 18.9 Å². The number of anilines is 3. The molecule has 2 aliphatic rings. The van der Waals surface area contributed by atoms with E-state index in [0.717, 1.165) is 86.5 Å². The average molecular weight is 513 g/mol. The number of amides is 1. The molecule has 1 unspecified atom stereocenters. The van der Waals surface area contributed by atoms with Crippen LogP contribution in [0.5, 0.6) is 11.5 Å². The van der Waals surface area contributed by atoms with Crippen LogP contribution in [-0.4, -0.2) is 97.8 Å². The van der Waals surface area contributed by atoms with Gasteiger partial charge in [0.1, 0.15) is 11.5 Å². The Balaban J connectivity index is 1.41. The number of carbonyl (C=O) groups is 1. The first-order chi connectivity index (χ1) is 18.0. The number of morpholine rings is 1. The van der Waals surface area contributed by atoms with Crippen molar-refractivity contribution in [2.24, 2.45) is 0 Å². The summed E-state index contributed by atoms with van der Waals surface area (Å²) < 4.78 is 22.5. The maximum absolute atomic E-state index is 13.2. The predicted molar refractivity (Wildman–Crippen MR) is 146 cm³/mol. The summed E-state index contributed by atoms with van der Waals surface area (Å²) in [6.45, 7) is 6.49. The Labute approximate surface area is 220 Å². The van der Waals surface area contributed by atoms with Crippen molar-refractivity contribution in [3.63, 3.8) is 0 Å². The lowest BCUT2D eigenvalue weighted by Gasteiger charge is -2.31. The van der Waals surface area contributed by atoms with Crippen LogP contribution in [-0.2, 0) is 20.7 Å². The van der Waals surface area contributed by atoms with Crippen molar-refractivity contribution in [1.82, 2.24) is 4.90 Å². The summed E-state index contributed by atoms with van der Waals surface area (Å²) in [5.74, 6) is 1.42. The van der Waals surface area contributed by atoms with Gasteiger partial charge in [-0.1, -0.05) is 0 Å². The second-order valence-corrected chi connectivity index (χ2v) is 9.63. The van der Waals surface area contributed by atoms with Crippen LogP contribution >= 0.6 is 0 Å². The van der Waals surface area contributed by atoms with Gasteiger partial charge < -0.3 is 39.0 Å². The van der Waals surface area contributed by atoms with Crippen molar-refractivity contribution < 1.29 is 23.7 Å². The number of aryl methyl sites for hydroxylation is 1. The number of fused-ring (bicyclic) bond motifs is 1. The van der Waals surface area contributed by atoms with E-state index >= 15 is 0 Å². The van der Waals surface area contributed by atoms with Crippen LogP contribution in [0.1, 0.15) is 12.0 Å². The minimum Gasteiger partial charge on any atom is -0.497 e. The van der Waals surface area contributed by atoms with Gasteiger partial charge in [0.2, 0.25) is 0 Å². The monoisotopic (exact) mass is 512 g/mol. The summed E-state index contributed by atoms with van der Waals surface area (Å²) in [6, 6.07) is 12.0. The van der Waals surface area contributed by atoms with E-state index in [9.17, 15) is 4.79 Å². The molecule has 9 nitrogen and oxygen atoms in total. The first-order valence-corrected chi connectivity index (χ1v) is 13.0. The molecule has 0 bridgehead atoms. The van der Waals surface area contributed by atoms with E-state index in [1.165, 1.54) is 0 Å². The summed E-state index contributed by atoms with van der Waals surface area (Å²) in [7, 11) is 7.52. The number of hydrogen-bond donors (Lipinski definition) is 1. The van der Waals surface area contributed by atoms with Gasteiger partial charge in [-0.15, -0.1) is 0 Å². The van der Waals surface area contributed by atoms with E-state index in [1.54, 1.807) is 14.2 Å². The first kappa shape index (κ1) is 27.0. The van der Waals surface area contributed by atoms with E-state index in [2.05, 4.69) is 27.1 Å². The molecule has 0 aliphatic carbocycles. The normalized spacial score (nSPS) is 17.2. The smallest absolute Gasteiger partial charge is 0.265 e. The molecule has 1 amide bonds. The molecule has 1 saturated heterocycles. The van der Waals surface area contributed by atoms with Gasteiger partial charge in [-0.25, -0.2) is 0 Å². The topological polar surface area (TPSA) is 75.7 Å². The van der Waals surface area contributed by atoms with Crippen LogP contribution in [0.25, 0.3) is 0 Å². The van der Waals surface area contributed by atoms with Crippen LogP contribution in [0, 0.1) is 0 Å². The quantitative estimate of drug-likeness (QED) is 0.493. The Morgan fingerprint density at radius 1 is 1.08 bits per heavy atom. The Hall–Kier alpha value is -3.01. The second-order valence-electron chi connectivity index (χ2n) is 9.63. The zero-order valence-electron chi connectivity index (χ0n) is 22.5. The number of rotatable bonds is 11. The molecule has 0 spiro atoms. The maximum atomic E-state index is 13.2. The Kier molecular flexibility index (Phi) is 9.49. The minimum absolute atomic E-state index is 0.131. The molecule has 0 aromatic heterocycles. The van der Waals surface area contributed by atoms with Crippen LogP contribution in [0.15, 0.2) is 36.4 Å². The number of carbonyl (C=O) groups excluding carboxylic acids is 1. The van der Waals surface area contributed by atoms with Crippen molar-refractivity contribution in [2.75, 3.05) is 96.0 Å². The molecule has 1 atom stereocenters. The van der Waals surface area contributed by atoms with Gasteiger partial charge in [0, 0.05) is 69.9 Å². The molecule has 9 heteroatoms. The second kappa shape index (κ2) is 13.0. The maximum Gasteiger partial charge on any atom is 0.265 e. The van der Waals surface area contributed by atoms with Gasteiger partial charge in [0.05, 0.1) is 32.6 Å². The van der Waals surface area contributed by atoms with Crippen molar-refractivity contribution in [2.45, 2.75) is 18.9 Å². The summed E-state index contributed by atoms with van der Waals surface area (Å²) in [5.41, 5.74) is 3.90. The van der Waals surface area contributed by atoms with Gasteiger partial charge in [-0.3, -0.25) is 4.79 Å². The summed E-state index contributed by atoms with van der Waals surface area (Å²) in [5, 5.41) is 3.04. The molecule has 0 saturated carbocycles. The zero-order chi connectivity index (χ0) is 26.2. The number of likely N-dealkylation sites (N-methyl/N-ethyl adjacent to an activating group) is 2. The fraction of sp³-hybridized carbons (Fsp3) is 0.536. The summed E-state index contributed by atoms with van der Waals surface area (Å²) in [6.07, 6.45) is 0.798. The van der Waals surface area contributed by atoms with Crippen LogP contribution in [0.4, 0.5) is 17.1 Å². The molecule has 202 valence electrons. The molecular weight excluding hydrogens is 472 g/mol. The Bertz CT molecular complexity index is 1030. The largest absolute Gasteiger partial charge is 0.497 e. The molecular formula is C28H40N4O5. The molecule has 4 rings (SSSR count). The molecule has 2 aliphatic heterocycles. The summed E-state index contributed by atoms with van der Waals surface area (Å²) >= 11 is 0. The Morgan fingerprint density at radius 2 is 1.84 bits per heavy atom. The number of methoxy groups -OCH3 is 2. The molecule has 2 heterocycles. The lowest BCUT2D eigenvalue weighted by molar-refractivity contribution is -0.123. The highest BCUT2D eigenvalue weighted by Gasteiger charge is 2.29. The molecule has 2 aromatic carbocycles. The highest BCUT2D eigenvalue weighted by molar-refractivity contribution is 5.95. The molecule has 37 heavy (non-hydrogen) atoms. The Morgan fingerprint density at radius 3 is 2.54 bits per heavy atom. The number of ether oxygens (including phenoxy) is 4. The standard InChI is InChI=1S/C28H40N4O5/c1-30(13-16-34-3)11-12-31(2)25-20-24(35-4)19-21-5-10-26(37-27(21)25)28(33)29-22-6-8-23(9-7-22)32-14-17-36-18-15-32/h6-9,19-20,26H,5,10-18H2,1-4H3,(H,29,33). The first-order valence-electron chi connectivity index (χ1n) is 13.0. The number of hydrogen-bond acceptors (Lipinski definition) is 8. The third kappa shape index (κ3) is 7.06. The van der Waals surface area contributed by atoms with Gasteiger partial charge in [0.15, 0.2) is 6.10 Å². The summed E-state index contributed by atoms with van der Waals surface area (Å²) in [4.78, 5) is 19.8. The van der Waals surface area contributed by atoms with Gasteiger partial charge >= 0.3 is 0 Å². The van der Waals surface area contributed by atoms with E-state index < -0.39 is 6.10 Å². The van der Waals surface area contributed by atoms with Crippen molar-refractivity contribution in [3.05, 3.63) is 42.0 Å². The van der Waals surface area contributed by atoms with Gasteiger partial charge in [-0.2, -0.15) is 0 Å². The highest BCUT2D eigenvalue weighted by atomic mass is 16.5. The number of benzene rings is 2. The minimum atomic E-state index is -0.559. The third-order valence-corrected chi connectivity index (χ3v) is 7.00. The van der Waals surface area contributed by atoms with Crippen molar-refractivity contribution >= 4 is 23.0 Å². The molecule has 2 aromatic rings. The molecule has 1 fully saturated rings. The predicted octanol–water partition coefficient (Wildman–Crippen LogP) is 2.88. The SMILES string of the molecule is COCCN(C)CCN(C)c1cc(OC)cc2c1OC(C(=O)Nc1ccc(N3CCOCC3)cc1)CC2. The fourth-order valence-electron chi connectivity index (χ4n) is 4.64. The van der Waals surface area contributed by atoms with Crippen LogP contribution < -0.4 is 24.6 Å². The fourth-order valence-corrected chi connectivity index (χ4v) is 4.64. The van der Waals surface area contributed by atoms with Crippen molar-refractivity contribution in [1.29, 1.82) is 0 Å². The van der Waals surface area contributed by atoms with Gasteiger partial charge in [0.25, 0.3) is 5.91 Å². The van der Waals surface area contributed by atoms with E-state index in [-0.39, 0.29) is 5.91 Å².